The number of hydrogen-bond donors (Lipinski definition) is 0. The number of benzene rings is 2. The van der Waals surface area contributed by atoms with E-state index in [4.69, 9.17) is 14.2 Å². The van der Waals surface area contributed by atoms with Gasteiger partial charge >= 0.3 is 0 Å². The third-order valence-corrected chi connectivity index (χ3v) is 5.03. The molecule has 2 aromatic rings. The van der Waals surface area contributed by atoms with E-state index < -0.39 is 5.41 Å². The van der Waals surface area contributed by atoms with Crippen LogP contribution in [0.4, 0.5) is 5.69 Å². The first-order valence-electron chi connectivity index (χ1n) is 8.55. The highest BCUT2D eigenvalue weighted by Crippen LogP contribution is 2.53. The van der Waals surface area contributed by atoms with Crippen LogP contribution in [0, 0.1) is 12.3 Å². The third kappa shape index (κ3) is 2.68. The Hall–Kier alpha value is -2.69. The largest absolute Gasteiger partial charge is 0.493 e. The lowest BCUT2D eigenvalue weighted by atomic mass is 9.70. The molecule has 1 aliphatic rings. The molecular weight excluding hydrogens is 330 g/mol. The third-order valence-electron chi connectivity index (χ3n) is 5.03. The fourth-order valence-electron chi connectivity index (χ4n) is 3.59. The van der Waals surface area contributed by atoms with Gasteiger partial charge in [-0.1, -0.05) is 29.8 Å². The van der Waals surface area contributed by atoms with Gasteiger partial charge in [-0.05, 0) is 26.3 Å². The van der Waals surface area contributed by atoms with E-state index in [-0.39, 0.29) is 11.9 Å². The smallest absolute Gasteiger partial charge is 0.235 e. The van der Waals surface area contributed by atoms with E-state index in [0.717, 1.165) is 11.3 Å². The van der Waals surface area contributed by atoms with Gasteiger partial charge in [-0.15, -0.1) is 0 Å². The quantitative estimate of drug-likeness (QED) is 0.757. The molecule has 1 saturated heterocycles. The molecule has 0 aromatic heterocycles. The summed E-state index contributed by atoms with van der Waals surface area (Å²) in [5.74, 6) is 1.64. The molecule has 1 aliphatic heterocycles. The van der Waals surface area contributed by atoms with Crippen molar-refractivity contribution in [2.45, 2.75) is 26.8 Å². The van der Waals surface area contributed by atoms with Crippen molar-refractivity contribution in [3.8, 4) is 17.2 Å². The SMILES string of the molecule is COc1cc(N2C(=O)C(C)(C)[C@@H]2c2ccc(C)cc2)cc(OC)c1OC. The number of nitrogens with zero attached hydrogens (tertiary/aromatic N) is 1. The van der Waals surface area contributed by atoms with E-state index >= 15 is 0 Å². The molecule has 0 radical (unpaired) electrons. The number of aryl methyl sites for hydroxylation is 1. The molecule has 0 aliphatic carbocycles. The van der Waals surface area contributed by atoms with Crippen LogP contribution in [0.25, 0.3) is 0 Å². The molecule has 5 nitrogen and oxygen atoms in total. The van der Waals surface area contributed by atoms with Crippen LogP contribution >= 0.6 is 0 Å². The molecule has 1 atom stereocenters. The number of ether oxygens (including phenoxy) is 3. The number of hydrogen-bond acceptors (Lipinski definition) is 4. The second-order valence-electron chi connectivity index (χ2n) is 7.09. The van der Waals surface area contributed by atoms with Gasteiger partial charge in [0.15, 0.2) is 11.5 Å². The molecule has 2 aromatic carbocycles. The van der Waals surface area contributed by atoms with Crippen LogP contribution in [0.15, 0.2) is 36.4 Å². The van der Waals surface area contributed by atoms with Crippen LogP contribution in [0.5, 0.6) is 17.2 Å². The minimum absolute atomic E-state index is 0.0570. The van der Waals surface area contributed by atoms with Crippen molar-refractivity contribution in [3.63, 3.8) is 0 Å². The van der Waals surface area contributed by atoms with Gasteiger partial charge in [-0.2, -0.15) is 0 Å². The predicted molar refractivity (Wildman–Crippen MR) is 101 cm³/mol. The van der Waals surface area contributed by atoms with Crippen molar-refractivity contribution in [1.82, 2.24) is 0 Å². The molecule has 0 N–H and O–H groups in total. The highest BCUT2D eigenvalue weighted by Gasteiger charge is 2.55. The molecule has 3 rings (SSSR count). The summed E-state index contributed by atoms with van der Waals surface area (Å²) < 4.78 is 16.3. The Bertz CT molecular complexity index is 801. The molecule has 1 fully saturated rings. The van der Waals surface area contributed by atoms with E-state index in [0.29, 0.717) is 17.2 Å². The van der Waals surface area contributed by atoms with Crippen LogP contribution in [0.3, 0.4) is 0 Å². The molecule has 0 bridgehead atoms. The average molecular weight is 355 g/mol. The van der Waals surface area contributed by atoms with Crippen molar-refractivity contribution in [2.24, 2.45) is 5.41 Å². The standard InChI is InChI=1S/C21H25NO4/c1-13-7-9-14(10-8-13)19-21(2,3)20(23)22(19)15-11-16(24-4)18(26-6)17(12-15)25-5/h7-12,19H,1-6H3/t19-/m0/s1. The summed E-state index contributed by atoms with van der Waals surface area (Å²) >= 11 is 0. The molecule has 5 heteroatoms. The zero-order valence-electron chi connectivity index (χ0n) is 16.1. The number of methoxy groups -OCH3 is 3. The first-order chi connectivity index (χ1) is 12.3. The number of carbonyl (C=O) groups is 1. The van der Waals surface area contributed by atoms with Crippen LogP contribution < -0.4 is 19.1 Å². The normalized spacial score (nSPS) is 18.3. The Morgan fingerprint density at radius 3 is 1.92 bits per heavy atom. The molecule has 26 heavy (non-hydrogen) atoms. The van der Waals surface area contributed by atoms with Gasteiger partial charge in [0.2, 0.25) is 11.7 Å². The van der Waals surface area contributed by atoms with Gasteiger partial charge in [0, 0.05) is 12.1 Å². The summed E-state index contributed by atoms with van der Waals surface area (Å²) in [7, 11) is 4.70. The van der Waals surface area contributed by atoms with Crippen molar-refractivity contribution in [1.29, 1.82) is 0 Å². The number of amides is 1. The number of rotatable bonds is 5. The van der Waals surface area contributed by atoms with Crippen molar-refractivity contribution in [2.75, 3.05) is 26.2 Å². The van der Waals surface area contributed by atoms with Crippen molar-refractivity contribution < 1.29 is 19.0 Å². The van der Waals surface area contributed by atoms with Crippen LogP contribution in [0.1, 0.15) is 31.0 Å². The van der Waals surface area contributed by atoms with Crippen LogP contribution in [-0.4, -0.2) is 27.2 Å². The molecule has 1 heterocycles. The van der Waals surface area contributed by atoms with E-state index in [2.05, 4.69) is 31.2 Å². The highest BCUT2D eigenvalue weighted by atomic mass is 16.5. The second kappa shape index (κ2) is 6.56. The van der Waals surface area contributed by atoms with Gasteiger partial charge in [0.25, 0.3) is 0 Å². The van der Waals surface area contributed by atoms with Crippen LogP contribution in [0.2, 0.25) is 0 Å². The Kier molecular flexibility index (Phi) is 4.57. The Balaban J connectivity index is 2.09. The van der Waals surface area contributed by atoms with Gasteiger partial charge in [-0.25, -0.2) is 0 Å². The Morgan fingerprint density at radius 1 is 0.923 bits per heavy atom. The minimum atomic E-state index is -0.477. The number of β-lactam (4-membered cyclic amide) rings is 1. The molecule has 1 amide bonds. The van der Waals surface area contributed by atoms with Crippen LogP contribution in [-0.2, 0) is 4.79 Å². The topological polar surface area (TPSA) is 48.0 Å². The lowest BCUT2D eigenvalue weighted by Crippen LogP contribution is -2.61. The average Bonchev–Trinajstić information content (AvgIpc) is 2.65. The molecular formula is C21H25NO4. The van der Waals surface area contributed by atoms with Gasteiger partial charge in [0.1, 0.15) is 0 Å². The van der Waals surface area contributed by atoms with Gasteiger partial charge in [-0.3, -0.25) is 4.79 Å². The summed E-state index contributed by atoms with van der Waals surface area (Å²) in [5, 5.41) is 0. The summed E-state index contributed by atoms with van der Waals surface area (Å²) in [6.45, 7) is 6.01. The van der Waals surface area contributed by atoms with Gasteiger partial charge in [0.05, 0.1) is 38.5 Å². The maximum atomic E-state index is 12.9. The van der Waals surface area contributed by atoms with E-state index in [1.54, 1.807) is 26.2 Å². The van der Waals surface area contributed by atoms with Crippen molar-refractivity contribution >= 4 is 11.6 Å². The summed E-state index contributed by atoms with van der Waals surface area (Å²) in [4.78, 5) is 14.7. The number of anilines is 1. The summed E-state index contributed by atoms with van der Waals surface area (Å²) in [5.41, 5.74) is 2.55. The molecule has 0 unspecified atom stereocenters. The maximum absolute atomic E-state index is 12.9. The highest BCUT2D eigenvalue weighted by molar-refractivity contribution is 6.06. The van der Waals surface area contributed by atoms with E-state index in [1.807, 2.05) is 26.0 Å². The molecule has 0 saturated carbocycles. The summed E-state index contributed by atoms with van der Waals surface area (Å²) in [6.07, 6.45) is 0. The number of carbonyl (C=O) groups excluding carboxylic acids is 1. The van der Waals surface area contributed by atoms with E-state index in [1.165, 1.54) is 5.56 Å². The van der Waals surface area contributed by atoms with Crippen molar-refractivity contribution in [3.05, 3.63) is 47.5 Å². The lowest BCUT2D eigenvalue weighted by molar-refractivity contribution is -0.137. The Morgan fingerprint density at radius 2 is 1.46 bits per heavy atom. The zero-order valence-corrected chi connectivity index (χ0v) is 16.1. The van der Waals surface area contributed by atoms with E-state index in [9.17, 15) is 4.79 Å². The Labute approximate surface area is 154 Å². The second-order valence-corrected chi connectivity index (χ2v) is 7.09. The lowest BCUT2D eigenvalue weighted by Gasteiger charge is -2.53. The first-order valence-corrected chi connectivity index (χ1v) is 8.55. The fourth-order valence-corrected chi connectivity index (χ4v) is 3.59. The monoisotopic (exact) mass is 355 g/mol. The molecule has 138 valence electrons. The zero-order chi connectivity index (χ0) is 19.1. The minimum Gasteiger partial charge on any atom is -0.493 e. The maximum Gasteiger partial charge on any atom is 0.235 e. The molecule has 0 spiro atoms. The predicted octanol–water partition coefficient (Wildman–Crippen LogP) is 4.13. The van der Waals surface area contributed by atoms with Gasteiger partial charge < -0.3 is 19.1 Å². The fraction of sp³-hybridized carbons (Fsp3) is 0.381. The first kappa shape index (κ1) is 18.1. The summed E-state index contributed by atoms with van der Waals surface area (Å²) in [6, 6.07) is 11.9.